The number of anilines is 1. The minimum Gasteiger partial charge on any atom is -0.497 e. The number of aliphatic imine (C=N–C) groups is 2. The molecule has 0 bridgehead atoms. The third-order valence-electron chi connectivity index (χ3n) is 5.26. The van der Waals surface area contributed by atoms with Crippen LogP contribution in [-0.2, 0) is 4.79 Å². The summed E-state index contributed by atoms with van der Waals surface area (Å²) in [6, 6.07) is 15.2. The summed E-state index contributed by atoms with van der Waals surface area (Å²) in [7, 11) is 3.26. The molecule has 156 valence electrons. The minimum atomic E-state index is -0.385. The van der Waals surface area contributed by atoms with Gasteiger partial charge in [0, 0.05) is 17.3 Å². The second-order valence-electron chi connectivity index (χ2n) is 7.37. The van der Waals surface area contributed by atoms with Crippen molar-refractivity contribution in [1.29, 1.82) is 0 Å². The van der Waals surface area contributed by atoms with E-state index in [-0.39, 0.29) is 17.3 Å². The van der Waals surface area contributed by atoms with E-state index >= 15 is 0 Å². The maximum absolute atomic E-state index is 12.5. The molecule has 4 rings (SSSR count). The van der Waals surface area contributed by atoms with E-state index < -0.39 is 0 Å². The van der Waals surface area contributed by atoms with Gasteiger partial charge < -0.3 is 14.8 Å². The molecule has 1 amide bonds. The van der Waals surface area contributed by atoms with Crippen molar-refractivity contribution in [2.24, 2.45) is 9.98 Å². The smallest absolute Gasteiger partial charge is 0.234 e. The standard InChI is InChI=1S/C23H25N3O3S/c1-28-18-12-16(13-19(14-18)29-2)21-22(26-23(25-21)10-6-7-11-23)30-15-20(27)24-17-8-4-3-5-9-17/h3-5,8-9,12-14H,6-7,10-11,15H2,1-2H3,(H,24,27). The van der Waals surface area contributed by atoms with Gasteiger partial charge in [0.05, 0.1) is 25.7 Å². The first-order valence-electron chi connectivity index (χ1n) is 10.0. The van der Waals surface area contributed by atoms with Crippen molar-refractivity contribution in [2.45, 2.75) is 31.3 Å². The highest BCUT2D eigenvalue weighted by Gasteiger charge is 2.39. The molecule has 0 saturated heterocycles. The van der Waals surface area contributed by atoms with Gasteiger partial charge >= 0.3 is 0 Å². The number of benzene rings is 2. The predicted molar refractivity (Wildman–Crippen MR) is 122 cm³/mol. The summed E-state index contributed by atoms with van der Waals surface area (Å²) in [5.74, 6) is 1.60. The predicted octanol–water partition coefficient (Wildman–Crippen LogP) is 4.55. The molecule has 0 atom stereocenters. The molecular formula is C23H25N3O3S. The Morgan fingerprint density at radius 2 is 1.70 bits per heavy atom. The van der Waals surface area contributed by atoms with E-state index in [1.165, 1.54) is 11.8 Å². The number of rotatable bonds is 6. The number of hydrogen-bond acceptors (Lipinski definition) is 6. The van der Waals surface area contributed by atoms with E-state index in [4.69, 9.17) is 19.5 Å². The Morgan fingerprint density at radius 1 is 1.03 bits per heavy atom. The maximum atomic E-state index is 12.5. The van der Waals surface area contributed by atoms with Crippen LogP contribution in [-0.4, -0.2) is 42.3 Å². The Morgan fingerprint density at radius 3 is 2.33 bits per heavy atom. The number of methoxy groups -OCH3 is 2. The number of thioether (sulfide) groups is 1. The Hall–Kier alpha value is -2.80. The Bertz CT molecular complexity index is 960. The van der Waals surface area contributed by atoms with Crippen LogP contribution in [0.5, 0.6) is 11.5 Å². The van der Waals surface area contributed by atoms with Crippen molar-refractivity contribution in [1.82, 2.24) is 0 Å². The van der Waals surface area contributed by atoms with E-state index in [1.54, 1.807) is 14.2 Å². The largest absolute Gasteiger partial charge is 0.497 e. The lowest BCUT2D eigenvalue weighted by Crippen LogP contribution is -2.17. The van der Waals surface area contributed by atoms with Gasteiger partial charge in [-0.3, -0.25) is 9.79 Å². The molecule has 2 aromatic rings. The maximum Gasteiger partial charge on any atom is 0.234 e. The van der Waals surface area contributed by atoms with Gasteiger partial charge in [-0.2, -0.15) is 0 Å². The molecule has 7 heteroatoms. The van der Waals surface area contributed by atoms with Gasteiger partial charge in [-0.15, -0.1) is 0 Å². The van der Waals surface area contributed by atoms with Crippen LogP contribution in [0.3, 0.4) is 0 Å². The van der Waals surface area contributed by atoms with Crippen LogP contribution in [0, 0.1) is 0 Å². The molecule has 0 aromatic heterocycles. The van der Waals surface area contributed by atoms with Crippen LogP contribution in [0.25, 0.3) is 0 Å². The fraction of sp³-hybridized carbons (Fsp3) is 0.348. The van der Waals surface area contributed by atoms with Crippen molar-refractivity contribution in [2.75, 3.05) is 25.3 Å². The van der Waals surface area contributed by atoms with Gasteiger partial charge in [0.25, 0.3) is 0 Å². The van der Waals surface area contributed by atoms with Gasteiger partial charge in [-0.25, -0.2) is 4.99 Å². The Balaban J connectivity index is 1.56. The van der Waals surface area contributed by atoms with Gasteiger partial charge in [0.1, 0.15) is 16.5 Å². The van der Waals surface area contributed by atoms with Crippen LogP contribution in [0.4, 0.5) is 5.69 Å². The normalized spacial score (nSPS) is 16.9. The molecule has 0 unspecified atom stereocenters. The third-order valence-corrected chi connectivity index (χ3v) is 6.22. The summed E-state index contributed by atoms with van der Waals surface area (Å²) in [5.41, 5.74) is 2.11. The Kier molecular flexibility index (Phi) is 6.08. The molecule has 1 heterocycles. The molecule has 1 saturated carbocycles. The number of para-hydroxylation sites is 1. The lowest BCUT2D eigenvalue weighted by Gasteiger charge is -2.14. The second kappa shape index (κ2) is 8.92. The van der Waals surface area contributed by atoms with Gasteiger partial charge in [-0.1, -0.05) is 30.0 Å². The van der Waals surface area contributed by atoms with E-state index in [2.05, 4.69) is 5.32 Å². The number of nitrogens with zero attached hydrogens (tertiary/aromatic N) is 2. The van der Waals surface area contributed by atoms with Crippen LogP contribution in [0.2, 0.25) is 0 Å². The molecule has 6 nitrogen and oxygen atoms in total. The quantitative estimate of drug-likeness (QED) is 0.740. The molecule has 0 radical (unpaired) electrons. The summed E-state index contributed by atoms with van der Waals surface area (Å²) >= 11 is 1.43. The number of carbonyl (C=O) groups is 1. The Labute approximate surface area is 180 Å². The SMILES string of the molecule is COc1cc(OC)cc(C2=NC3(CCCC3)N=C2SCC(=O)Nc2ccccc2)c1. The zero-order valence-electron chi connectivity index (χ0n) is 17.2. The van der Waals surface area contributed by atoms with Crippen LogP contribution in [0.15, 0.2) is 58.5 Å². The summed E-state index contributed by atoms with van der Waals surface area (Å²) < 4.78 is 10.9. The van der Waals surface area contributed by atoms with Crippen molar-refractivity contribution in [3.8, 4) is 11.5 Å². The lowest BCUT2D eigenvalue weighted by molar-refractivity contribution is -0.113. The van der Waals surface area contributed by atoms with Gasteiger partial charge in [0.2, 0.25) is 5.91 Å². The van der Waals surface area contributed by atoms with Crippen LogP contribution >= 0.6 is 11.8 Å². The number of nitrogens with one attached hydrogen (secondary N) is 1. The van der Waals surface area contributed by atoms with Crippen molar-refractivity contribution >= 4 is 34.1 Å². The topological polar surface area (TPSA) is 72.3 Å². The molecule has 2 aromatic carbocycles. The molecule has 1 aliphatic carbocycles. The third kappa shape index (κ3) is 4.51. The average molecular weight is 424 g/mol. The number of hydrogen-bond donors (Lipinski definition) is 1. The molecule has 2 aliphatic rings. The first kappa shape index (κ1) is 20.5. The average Bonchev–Trinajstić information content (AvgIpc) is 3.39. The van der Waals surface area contributed by atoms with E-state index in [9.17, 15) is 4.79 Å². The minimum absolute atomic E-state index is 0.0659. The van der Waals surface area contributed by atoms with Crippen LogP contribution in [0.1, 0.15) is 31.2 Å². The molecule has 1 fully saturated rings. The summed E-state index contributed by atoms with van der Waals surface area (Å²) in [4.78, 5) is 22.5. The van der Waals surface area contributed by atoms with Crippen molar-refractivity contribution in [3.05, 3.63) is 54.1 Å². The van der Waals surface area contributed by atoms with Gasteiger partial charge in [-0.05, 0) is 49.9 Å². The van der Waals surface area contributed by atoms with Crippen molar-refractivity contribution in [3.63, 3.8) is 0 Å². The molecular weight excluding hydrogens is 398 g/mol. The van der Waals surface area contributed by atoms with Crippen LogP contribution < -0.4 is 14.8 Å². The fourth-order valence-electron chi connectivity index (χ4n) is 3.77. The number of ether oxygens (including phenoxy) is 2. The zero-order chi connectivity index (χ0) is 21.0. The van der Waals surface area contributed by atoms with Crippen molar-refractivity contribution < 1.29 is 14.3 Å². The number of amides is 1. The van der Waals surface area contributed by atoms with E-state index in [1.807, 2.05) is 48.5 Å². The summed E-state index contributed by atoms with van der Waals surface area (Å²) in [6.45, 7) is 0. The first-order valence-corrected chi connectivity index (χ1v) is 11.0. The van der Waals surface area contributed by atoms with Gasteiger partial charge in [0.15, 0.2) is 5.66 Å². The second-order valence-corrected chi connectivity index (χ2v) is 8.34. The molecule has 30 heavy (non-hydrogen) atoms. The highest BCUT2D eigenvalue weighted by atomic mass is 32.2. The molecule has 1 spiro atoms. The van der Waals surface area contributed by atoms with E-state index in [0.29, 0.717) is 11.5 Å². The number of carbonyl (C=O) groups excluding carboxylic acids is 1. The lowest BCUT2D eigenvalue weighted by atomic mass is 10.1. The molecule has 1 N–H and O–H groups in total. The fourth-order valence-corrected chi connectivity index (χ4v) is 4.65. The first-order chi connectivity index (χ1) is 14.6. The monoisotopic (exact) mass is 423 g/mol. The van der Waals surface area contributed by atoms with E-state index in [0.717, 1.165) is 47.7 Å². The highest BCUT2D eigenvalue weighted by Crippen LogP contribution is 2.40. The zero-order valence-corrected chi connectivity index (χ0v) is 18.0. The summed E-state index contributed by atoms with van der Waals surface area (Å²) in [6.07, 6.45) is 4.12. The highest BCUT2D eigenvalue weighted by molar-refractivity contribution is 8.16. The molecule has 1 aliphatic heterocycles. The summed E-state index contributed by atoms with van der Waals surface area (Å²) in [5, 5.41) is 3.72.